The van der Waals surface area contributed by atoms with Crippen LogP contribution in [0.3, 0.4) is 0 Å². The standard InChI is InChI=1S/C17H19Cl2F3/c1-2-11-3-5-12(6-4-11)13-9-15(18)14(16(19)10-13)7-8-17(20,21)22/h7-12H,2-6H2,1H3/b8-7+. The highest BCUT2D eigenvalue weighted by Crippen LogP contribution is 2.40. The molecule has 0 atom stereocenters. The van der Waals surface area contributed by atoms with E-state index in [1.165, 1.54) is 19.3 Å². The summed E-state index contributed by atoms with van der Waals surface area (Å²) in [7, 11) is 0. The Morgan fingerprint density at radius 1 is 1.09 bits per heavy atom. The SMILES string of the molecule is CCC1CCC(c2cc(Cl)c(/C=C/C(F)(F)F)c(Cl)c2)CC1. The van der Waals surface area contributed by atoms with Gasteiger partial charge in [0.05, 0.1) is 0 Å². The van der Waals surface area contributed by atoms with Crippen LogP contribution in [0.5, 0.6) is 0 Å². The second-order valence-electron chi connectivity index (χ2n) is 5.90. The molecule has 1 aromatic carbocycles. The Labute approximate surface area is 139 Å². The second-order valence-corrected chi connectivity index (χ2v) is 6.71. The molecule has 0 radical (unpaired) electrons. The number of benzene rings is 1. The highest BCUT2D eigenvalue weighted by molar-refractivity contribution is 6.37. The molecule has 22 heavy (non-hydrogen) atoms. The van der Waals surface area contributed by atoms with Gasteiger partial charge in [-0.3, -0.25) is 0 Å². The van der Waals surface area contributed by atoms with Crippen molar-refractivity contribution in [1.82, 2.24) is 0 Å². The van der Waals surface area contributed by atoms with Crippen molar-refractivity contribution in [2.45, 2.75) is 51.1 Å². The zero-order valence-corrected chi connectivity index (χ0v) is 13.9. The van der Waals surface area contributed by atoms with Gasteiger partial charge in [-0.05, 0) is 61.3 Å². The Bertz CT molecular complexity index is 518. The van der Waals surface area contributed by atoms with Crippen molar-refractivity contribution < 1.29 is 13.2 Å². The van der Waals surface area contributed by atoms with Crippen molar-refractivity contribution in [2.24, 2.45) is 5.92 Å². The van der Waals surface area contributed by atoms with Crippen LogP contribution in [0.25, 0.3) is 6.08 Å². The first-order valence-corrected chi connectivity index (χ1v) is 8.30. The average molecular weight is 351 g/mol. The monoisotopic (exact) mass is 350 g/mol. The van der Waals surface area contributed by atoms with Gasteiger partial charge >= 0.3 is 6.18 Å². The van der Waals surface area contributed by atoms with Crippen LogP contribution in [0.2, 0.25) is 10.0 Å². The van der Waals surface area contributed by atoms with Crippen LogP contribution in [0.1, 0.15) is 56.1 Å². The summed E-state index contributed by atoms with van der Waals surface area (Å²) in [5, 5.41) is 0.557. The molecule has 0 aromatic heterocycles. The van der Waals surface area contributed by atoms with E-state index in [4.69, 9.17) is 23.2 Å². The molecule has 0 N–H and O–H groups in total. The Kier molecular flexibility index (Phi) is 5.84. The summed E-state index contributed by atoms with van der Waals surface area (Å²) < 4.78 is 36.8. The fourth-order valence-electron chi connectivity index (χ4n) is 3.08. The van der Waals surface area contributed by atoms with Crippen LogP contribution in [-0.2, 0) is 0 Å². The maximum atomic E-state index is 12.3. The predicted octanol–water partition coefficient (Wildman–Crippen LogP) is 7.25. The third-order valence-electron chi connectivity index (χ3n) is 4.44. The Balaban J connectivity index is 2.18. The minimum Gasteiger partial charge on any atom is -0.167 e. The van der Waals surface area contributed by atoms with E-state index in [9.17, 15) is 13.2 Å². The van der Waals surface area contributed by atoms with Gasteiger partial charge in [-0.1, -0.05) is 36.5 Å². The summed E-state index contributed by atoms with van der Waals surface area (Å²) in [4.78, 5) is 0. The zero-order valence-electron chi connectivity index (χ0n) is 12.4. The lowest BCUT2D eigenvalue weighted by Crippen LogP contribution is -2.12. The van der Waals surface area contributed by atoms with Crippen LogP contribution >= 0.6 is 23.2 Å². The summed E-state index contributed by atoms with van der Waals surface area (Å²) in [6, 6.07) is 3.53. The van der Waals surface area contributed by atoms with Crippen LogP contribution in [0, 0.1) is 5.92 Å². The summed E-state index contributed by atoms with van der Waals surface area (Å²) in [6.07, 6.45) is 2.47. The molecule has 122 valence electrons. The Morgan fingerprint density at radius 2 is 1.64 bits per heavy atom. The number of hydrogen-bond acceptors (Lipinski definition) is 0. The number of alkyl halides is 3. The maximum absolute atomic E-state index is 12.3. The minimum absolute atomic E-state index is 0.159. The van der Waals surface area contributed by atoms with Crippen molar-refractivity contribution in [3.8, 4) is 0 Å². The molecule has 1 aliphatic carbocycles. The molecule has 0 bridgehead atoms. The second kappa shape index (κ2) is 7.27. The fraction of sp³-hybridized carbons (Fsp3) is 0.529. The summed E-state index contributed by atoms with van der Waals surface area (Å²) in [5.74, 6) is 1.19. The van der Waals surface area contributed by atoms with E-state index < -0.39 is 6.18 Å². The molecule has 0 aliphatic heterocycles. The molecular formula is C17H19Cl2F3. The first-order valence-electron chi connectivity index (χ1n) is 7.55. The molecule has 0 unspecified atom stereocenters. The quantitative estimate of drug-likeness (QED) is 0.538. The molecule has 0 heterocycles. The van der Waals surface area contributed by atoms with E-state index in [0.717, 1.165) is 30.4 Å². The van der Waals surface area contributed by atoms with Crippen molar-refractivity contribution >= 4 is 29.3 Å². The highest BCUT2D eigenvalue weighted by Gasteiger charge is 2.24. The van der Waals surface area contributed by atoms with E-state index in [1.54, 1.807) is 12.1 Å². The lowest BCUT2D eigenvalue weighted by atomic mass is 9.78. The third kappa shape index (κ3) is 4.66. The topological polar surface area (TPSA) is 0 Å². The van der Waals surface area contributed by atoms with Gasteiger partial charge < -0.3 is 0 Å². The Hall–Kier alpha value is -0.670. The van der Waals surface area contributed by atoms with Crippen LogP contribution in [0.15, 0.2) is 18.2 Å². The van der Waals surface area contributed by atoms with Gasteiger partial charge in [-0.2, -0.15) is 13.2 Å². The molecule has 1 aliphatic rings. The Morgan fingerprint density at radius 3 is 2.09 bits per heavy atom. The van der Waals surface area contributed by atoms with Gasteiger partial charge in [-0.25, -0.2) is 0 Å². The molecule has 1 saturated carbocycles. The minimum atomic E-state index is -4.37. The molecule has 1 aromatic rings. The summed E-state index contributed by atoms with van der Waals surface area (Å²) in [6.45, 7) is 2.21. The van der Waals surface area contributed by atoms with E-state index in [1.807, 2.05) is 0 Å². The molecule has 5 heteroatoms. The van der Waals surface area contributed by atoms with E-state index in [-0.39, 0.29) is 21.7 Å². The molecule has 1 fully saturated rings. The van der Waals surface area contributed by atoms with Crippen molar-refractivity contribution in [2.75, 3.05) is 0 Å². The van der Waals surface area contributed by atoms with Crippen LogP contribution in [-0.4, -0.2) is 6.18 Å². The van der Waals surface area contributed by atoms with Gasteiger partial charge in [0.15, 0.2) is 0 Å². The first kappa shape index (κ1) is 17.7. The average Bonchev–Trinajstić information content (AvgIpc) is 2.45. The molecule has 0 nitrogen and oxygen atoms in total. The molecule has 0 amide bonds. The highest BCUT2D eigenvalue weighted by atomic mass is 35.5. The van der Waals surface area contributed by atoms with E-state index in [0.29, 0.717) is 5.92 Å². The lowest BCUT2D eigenvalue weighted by molar-refractivity contribution is -0.0790. The molecular weight excluding hydrogens is 332 g/mol. The smallest absolute Gasteiger partial charge is 0.167 e. The summed E-state index contributed by atoms with van der Waals surface area (Å²) >= 11 is 12.3. The predicted molar refractivity (Wildman–Crippen MR) is 86.5 cm³/mol. The third-order valence-corrected chi connectivity index (χ3v) is 5.06. The largest absolute Gasteiger partial charge is 0.409 e. The molecule has 0 saturated heterocycles. The van der Waals surface area contributed by atoms with Gasteiger partial charge in [-0.15, -0.1) is 0 Å². The molecule has 2 rings (SSSR count). The lowest BCUT2D eigenvalue weighted by Gasteiger charge is -2.28. The normalized spacial score (nSPS) is 23.2. The maximum Gasteiger partial charge on any atom is 0.409 e. The number of allylic oxidation sites excluding steroid dienone is 1. The van der Waals surface area contributed by atoms with Crippen LogP contribution in [0.4, 0.5) is 13.2 Å². The summed E-state index contributed by atoms with van der Waals surface area (Å²) in [5.41, 5.74) is 1.26. The van der Waals surface area contributed by atoms with Gasteiger partial charge in [0.2, 0.25) is 0 Å². The van der Waals surface area contributed by atoms with Gasteiger partial charge in [0.25, 0.3) is 0 Å². The van der Waals surface area contributed by atoms with Crippen molar-refractivity contribution in [1.29, 1.82) is 0 Å². The van der Waals surface area contributed by atoms with E-state index >= 15 is 0 Å². The van der Waals surface area contributed by atoms with Gasteiger partial charge in [0.1, 0.15) is 0 Å². The number of halogens is 5. The van der Waals surface area contributed by atoms with Crippen LogP contribution < -0.4 is 0 Å². The fourth-order valence-corrected chi connectivity index (χ4v) is 3.71. The number of hydrogen-bond donors (Lipinski definition) is 0. The molecule has 0 spiro atoms. The van der Waals surface area contributed by atoms with E-state index in [2.05, 4.69) is 6.92 Å². The zero-order chi connectivity index (χ0) is 16.3. The first-order chi connectivity index (χ1) is 10.3. The van der Waals surface area contributed by atoms with Crippen molar-refractivity contribution in [3.63, 3.8) is 0 Å². The van der Waals surface area contributed by atoms with Crippen molar-refractivity contribution in [3.05, 3.63) is 39.4 Å². The van der Waals surface area contributed by atoms with Gasteiger partial charge in [0, 0.05) is 21.7 Å². The number of rotatable bonds is 3.